The molecule has 3 heteroatoms. The van der Waals surface area contributed by atoms with E-state index in [2.05, 4.69) is 5.32 Å². The van der Waals surface area contributed by atoms with Crippen molar-refractivity contribution >= 4 is 5.69 Å². The second kappa shape index (κ2) is 3.93. The average Bonchev–Trinajstić information content (AvgIpc) is 2.04. The van der Waals surface area contributed by atoms with Crippen LogP contribution < -0.4 is 11.1 Å². The van der Waals surface area contributed by atoms with Crippen LogP contribution in [-0.2, 0) is 0 Å². The molecule has 0 aromatic heterocycles. The highest BCUT2D eigenvalue weighted by Gasteiger charge is 1.90. The predicted molar refractivity (Wildman–Crippen MR) is 42.9 cm³/mol. The van der Waals surface area contributed by atoms with Crippen molar-refractivity contribution in [1.82, 2.24) is 5.73 Å². The molecule has 0 spiro atoms. The minimum Gasteiger partial charge on any atom is -0.384 e. The number of nitrogens with one attached hydrogen (secondary N) is 2. The van der Waals surface area contributed by atoms with Crippen LogP contribution in [0.2, 0.25) is 0 Å². The van der Waals surface area contributed by atoms with Crippen molar-refractivity contribution in [3.05, 3.63) is 30.1 Å². The lowest BCUT2D eigenvalue weighted by Crippen LogP contribution is -2.06. The summed E-state index contributed by atoms with van der Waals surface area (Å²) in [6.45, 7) is 0.934. The summed E-state index contributed by atoms with van der Waals surface area (Å²) in [5.41, 5.74) is 7.72. The minimum atomic E-state index is -0.235. The molecule has 2 N–H and O–H groups in total. The third-order valence-corrected chi connectivity index (χ3v) is 1.30. The lowest BCUT2D eigenvalue weighted by molar-refractivity contribution is 0.628. The van der Waals surface area contributed by atoms with Crippen molar-refractivity contribution in [2.24, 2.45) is 0 Å². The molecule has 0 unspecified atom stereocenters. The van der Waals surface area contributed by atoms with E-state index in [9.17, 15) is 4.39 Å². The first-order chi connectivity index (χ1) is 5.33. The summed E-state index contributed by atoms with van der Waals surface area (Å²) in [7, 11) is 0. The fraction of sp³-hybridized carbons (Fsp3) is 0.250. The van der Waals surface area contributed by atoms with Crippen LogP contribution in [0.5, 0.6) is 0 Å². The Hall–Kier alpha value is -1.09. The molecule has 1 rings (SSSR count). The second-order valence-corrected chi connectivity index (χ2v) is 2.18. The molecule has 1 aromatic rings. The topological polar surface area (TPSA) is 35.8 Å². The van der Waals surface area contributed by atoms with Crippen LogP contribution in [0.3, 0.4) is 0 Å². The molecule has 11 heavy (non-hydrogen) atoms. The number of benzene rings is 1. The van der Waals surface area contributed by atoms with E-state index < -0.39 is 0 Å². The van der Waals surface area contributed by atoms with Crippen molar-refractivity contribution in [2.45, 2.75) is 0 Å². The normalized spacial score (nSPS) is 9.64. The van der Waals surface area contributed by atoms with Gasteiger partial charge in [0, 0.05) is 18.8 Å². The van der Waals surface area contributed by atoms with E-state index >= 15 is 0 Å². The zero-order valence-electron chi connectivity index (χ0n) is 6.10. The number of hydrogen-bond acceptors (Lipinski definition) is 1. The van der Waals surface area contributed by atoms with Gasteiger partial charge in [0.05, 0.1) is 0 Å². The molecular formula is C8H10FN2. The summed E-state index contributed by atoms with van der Waals surface area (Å²) in [5.74, 6) is -0.235. The van der Waals surface area contributed by atoms with Crippen molar-refractivity contribution in [1.29, 1.82) is 0 Å². The zero-order chi connectivity index (χ0) is 8.10. The lowest BCUT2D eigenvalue weighted by Gasteiger charge is -2.02. The Morgan fingerprint density at radius 3 is 2.45 bits per heavy atom. The third-order valence-electron chi connectivity index (χ3n) is 1.30. The van der Waals surface area contributed by atoms with Crippen LogP contribution in [0.15, 0.2) is 24.3 Å². The van der Waals surface area contributed by atoms with Gasteiger partial charge in [0.25, 0.3) is 0 Å². The summed E-state index contributed by atoms with van der Waals surface area (Å²) in [4.78, 5) is 0. The Kier molecular flexibility index (Phi) is 2.86. The van der Waals surface area contributed by atoms with E-state index in [1.165, 1.54) is 12.1 Å². The van der Waals surface area contributed by atoms with Gasteiger partial charge in [-0.3, -0.25) is 5.73 Å². The van der Waals surface area contributed by atoms with E-state index in [0.717, 1.165) is 5.69 Å². The summed E-state index contributed by atoms with van der Waals surface area (Å²) < 4.78 is 12.3. The van der Waals surface area contributed by atoms with Crippen molar-refractivity contribution in [2.75, 3.05) is 18.4 Å². The maximum atomic E-state index is 12.3. The molecule has 0 atom stereocenters. The molecule has 59 valence electrons. The highest BCUT2D eigenvalue weighted by atomic mass is 19.1. The SMILES string of the molecule is [NH]CCNc1ccc(F)cc1. The van der Waals surface area contributed by atoms with Crippen LogP contribution in [0.25, 0.3) is 0 Å². The molecule has 2 nitrogen and oxygen atoms in total. The van der Waals surface area contributed by atoms with Gasteiger partial charge in [-0.1, -0.05) is 0 Å². The molecule has 0 amide bonds. The van der Waals surface area contributed by atoms with Crippen LogP contribution in [0.1, 0.15) is 0 Å². The molecular weight excluding hydrogens is 143 g/mol. The van der Waals surface area contributed by atoms with Gasteiger partial charge < -0.3 is 5.32 Å². The lowest BCUT2D eigenvalue weighted by atomic mass is 10.3. The quantitative estimate of drug-likeness (QED) is 0.702. The first kappa shape index (κ1) is 8.01. The van der Waals surface area contributed by atoms with Crippen LogP contribution in [-0.4, -0.2) is 13.1 Å². The Morgan fingerprint density at radius 1 is 1.27 bits per heavy atom. The number of hydrogen-bond donors (Lipinski definition) is 1. The van der Waals surface area contributed by atoms with E-state index in [-0.39, 0.29) is 5.82 Å². The molecule has 0 aliphatic heterocycles. The predicted octanol–water partition coefficient (Wildman–Crippen LogP) is 1.52. The fourth-order valence-electron chi connectivity index (χ4n) is 0.775. The number of rotatable bonds is 3. The number of halogens is 1. The van der Waals surface area contributed by atoms with Gasteiger partial charge in [-0.25, -0.2) is 4.39 Å². The molecule has 0 bridgehead atoms. The number of anilines is 1. The molecule has 0 fully saturated rings. The monoisotopic (exact) mass is 153 g/mol. The smallest absolute Gasteiger partial charge is 0.123 e. The van der Waals surface area contributed by atoms with Crippen molar-refractivity contribution in [3.63, 3.8) is 0 Å². The van der Waals surface area contributed by atoms with Gasteiger partial charge in [0.1, 0.15) is 5.82 Å². The summed E-state index contributed by atoms with van der Waals surface area (Å²) in [6, 6.07) is 6.11. The van der Waals surface area contributed by atoms with E-state index in [1.807, 2.05) is 0 Å². The maximum Gasteiger partial charge on any atom is 0.123 e. The highest BCUT2D eigenvalue weighted by Crippen LogP contribution is 2.06. The van der Waals surface area contributed by atoms with Gasteiger partial charge >= 0.3 is 0 Å². The summed E-state index contributed by atoms with van der Waals surface area (Å²) in [6.07, 6.45) is 0. The van der Waals surface area contributed by atoms with E-state index in [0.29, 0.717) is 13.1 Å². The molecule has 1 aromatic carbocycles. The molecule has 1 radical (unpaired) electrons. The fourth-order valence-corrected chi connectivity index (χ4v) is 0.775. The van der Waals surface area contributed by atoms with Crippen molar-refractivity contribution < 1.29 is 4.39 Å². The summed E-state index contributed by atoms with van der Waals surface area (Å²) in [5, 5.41) is 2.97. The van der Waals surface area contributed by atoms with E-state index in [4.69, 9.17) is 5.73 Å². The largest absolute Gasteiger partial charge is 0.384 e. The first-order valence-corrected chi connectivity index (χ1v) is 3.47. The third kappa shape index (κ3) is 2.55. The van der Waals surface area contributed by atoms with Gasteiger partial charge in [0.15, 0.2) is 0 Å². The summed E-state index contributed by atoms with van der Waals surface area (Å²) >= 11 is 0. The highest BCUT2D eigenvalue weighted by molar-refractivity contribution is 5.42. The average molecular weight is 153 g/mol. The Morgan fingerprint density at radius 2 is 1.91 bits per heavy atom. The Bertz CT molecular complexity index is 208. The Balaban J connectivity index is 2.52. The van der Waals surface area contributed by atoms with Crippen LogP contribution in [0, 0.1) is 5.82 Å². The second-order valence-electron chi connectivity index (χ2n) is 2.18. The first-order valence-electron chi connectivity index (χ1n) is 3.47. The Labute approximate surface area is 65.2 Å². The molecule has 0 aliphatic rings. The van der Waals surface area contributed by atoms with Gasteiger partial charge in [0.2, 0.25) is 0 Å². The van der Waals surface area contributed by atoms with Gasteiger partial charge in [-0.05, 0) is 24.3 Å². The van der Waals surface area contributed by atoms with Crippen molar-refractivity contribution in [3.8, 4) is 0 Å². The van der Waals surface area contributed by atoms with Gasteiger partial charge in [-0.2, -0.15) is 0 Å². The molecule has 0 saturated carbocycles. The molecule has 0 saturated heterocycles. The van der Waals surface area contributed by atoms with Crippen LogP contribution in [0.4, 0.5) is 10.1 Å². The minimum absolute atomic E-state index is 0.235. The van der Waals surface area contributed by atoms with Gasteiger partial charge in [-0.15, -0.1) is 0 Å². The zero-order valence-corrected chi connectivity index (χ0v) is 6.10. The molecule has 0 heterocycles. The standard InChI is InChI=1S/C8H10FN2/c9-7-1-3-8(4-2-7)11-6-5-10/h1-4,10-11H,5-6H2. The van der Waals surface area contributed by atoms with E-state index in [1.54, 1.807) is 12.1 Å². The maximum absolute atomic E-state index is 12.3. The van der Waals surface area contributed by atoms with Crippen LogP contribution >= 0.6 is 0 Å². The molecule has 0 aliphatic carbocycles.